The molecule has 0 fully saturated rings. The Morgan fingerprint density at radius 3 is 2.47 bits per heavy atom. The number of amides is 3. The molecule has 0 aliphatic rings. The van der Waals surface area contributed by atoms with Gasteiger partial charge in [0, 0.05) is 11.2 Å². The normalized spacial score (nSPS) is 12.4. The molecule has 4 N–H and O–H groups in total. The van der Waals surface area contributed by atoms with Gasteiger partial charge in [0.2, 0.25) is 0 Å². The standard InChI is InChI=1S/C22H24ClN5O4/c1-12(28(21(31)32)22(2,3)4)18-26-16-10-6-9-15(23)17(16)19(29)27(18)14-8-5-7-13(11-14)25-20(24)30/h5-12H,1-4H3,(H,31,32)(H3,24,25,30). The molecular formula is C22H24ClN5O4. The Balaban J connectivity index is 2.37. The summed E-state index contributed by atoms with van der Waals surface area (Å²) >= 11 is 6.31. The second-order valence-corrected chi connectivity index (χ2v) is 8.69. The maximum Gasteiger partial charge on any atom is 0.408 e. The van der Waals surface area contributed by atoms with E-state index in [-0.39, 0.29) is 16.2 Å². The third-order valence-electron chi connectivity index (χ3n) is 4.93. The van der Waals surface area contributed by atoms with E-state index in [1.54, 1.807) is 70.2 Å². The largest absolute Gasteiger partial charge is 0.465 e. The Morgan fingerprint density at radius 1 is 1.22 bits per heavy atom. The molecule has 3 amide bonds. The van der Waals surface area contributed by atoms with Gasteiger partial charge in [-0.1, -0.05) is 23.7 Å². The van der Waals surface area contributed by atoms with Crippen LogP contribution in [0.4, 0.5) is 15.3 Å². The van der Waals surface area contributed by atoms with E-state index in [1.165, 1.54) is 9.47 Å². The Hall–Kier alpha value is -3.59. The molecule has 2 aromatic carbocycles. The Labute approximate surface area is 189 Å². The van der Waals surface area contributed by atoms with Gasteiger partial charge in [-0.25, -0.2) is 14.6 Å². The fourth-order valence-corrected chi connectivity index (χ4v) is 4.00. The third kappa shape index (κ3) is 4.38. The minimum Gasteiger partial charge on any atom is -0.465 e. The van der Waals surface area contributed by atoms with Crippen LogP contribution in [0, 0.1) is 0 Å². The lowest BCUT2D eigenvalue weighted by Gasteiger charge is -2.38. The van der Waals surface area contributed by atoms with Gasteiger partial charge in [-0.3, -0.25) is 14.3 Å². The Kier molecular flexibility index (Phi) is 6.13. The fourth-order valence-electron chi connectivity index (χ4n) is 3.75. The van der Waals surface area contributed by atoms with Crippen LogP contribution >= 0.6 is 11.6 Å². The topological polar surface area (TPSA) is 131 Å². The van der Waals surface area contributed by atoms with Gasteiger partial charge in [-0.05, 0) is 58.0 Å². The summed E-state index contributed by atoms with van der Waals surface area (Å²) in [4.78, 5) is 42.9. The molecule has 0 aliphatic heterocycles. The molecule has 3 rings (SSSR count). The first-order valence-electron chi connectivity index (χ1n) is 9.82. The summed E-state index contributed by atoms with van der Waals surface area (Å²) in [5.74, 6) is 0.207. The van der Waals surface area contributed by atoms with E-state index in [0.29, 0.717) is 16.9 Å². The van der Waals surface area contributed by atoms with E-state index in [2.05, 4.69) is 10.3 Å². The first-order chi connectivity index (χ1) is 14.9. The first kappa shape index (κ1) is 23.1. The zero-order valence-electron chi connectivity index (χ0n) is 18.1. The zero-order valence-corrected chi connectivity index (χ0v) is 18.8. The molecule has 168 valence electrons. The Morgan fingerprint density at radius 2 is 1.88 bits per heavy atom. The van der Waals surface area contributed by atoms with Crippen molar-refractivity contribution in [3.8, 4) is 5.69 Å². The number of nitrogens with zero attached hydrogens (tertiary/aromatic N) is 3. The molecular weight excluding hydrogens is 434 g/mol. The number of hydrogen-bond donors (Lipinski definition) is 3. The number of benzene rings is 2. The van der Waals surface area contributed by atoms with Crippen molar-refractivity contribution in [3.63, 3.8) is 0 Å². The monoisotopic (exact) mass is 457 g/mol. The van der Waals surface area contributed by atoms with Crippen molar-refractivity contribution < 1.29 is 14.7 Å². The van der Waals surface area contributed by atoms with Gasteiger partial charge in [-0.2, -0.15) is 0 Å². The van der Waals surface area contributed by atoms with Crippen molar-refractivity contribution in [2.75, 3.05) is 5.32 Å². The molecule has 3 aromatic rings. The molecule has 0 saturated carbocycles. The minimum absolute atomic E-state index is 0.205. The maximum atomic E-state index is 13.6. The summed E-state index contributed by atoms with van der Waals surface area (Å²) in [6.07, 6.45) is -1.15. The highest BCUT2D eigenvalue weighted by molar-refractivity contribution is 6.35. The second kappa shape index (κ2) is 8.51. The molecule has 1 aromatic heterocycles. The summed E-state index contributed by atoms with van der Waals surface area (Å²) in [7, 11) is 0. The number of halogens is 1. The average molecular weight is 458 g/mol. The summed E-state index contributed by atoms with van der Waals surface area (Å²) < 4.78 is 1.31. The summed E-state index contributed by atoms with van der Waals surface area (Å²) in [5, 5.41) is 12.8. The smallest absolute Gasteiger partial charge is 0.408 e. The van der Waals surface area contributed by atoms with Crippen LogP contribution in [0.5, 0.6) is 0 Å². The van der Waals surface area contributed by atoms with Gasteiger partial charge in [0.1, 0.15) is 5.82 Å². The number of urea groups is 1. The highest BCUT2D eigenvalue weighted by atomic mass is 35.5. The lowest BCUT2D eigenvalue weighted by molar-refractivity contribution is 0.0719. The lowest BCUT2D eigenvalue weighted by Crippen LogP contribution is -2.47. The molecule has 0 saturated heterocycles. The van der Waals surface area contributed by atoms with Crippen molar-refractivity contribution in [2.45, 2.75) is 39.3 Å². The van der Waals surface area contributed by atoms with Gasteiger partial charge < -0.3 is 16.2 Å². The van der Waals surface area contributed by atoms with Gasteiger partial charge in [0.25, 0.3) is 5.56 Å². The number of nitrogens with two attached hydrogens (primary N) is 1. The van der Waals surface area contributed by atoms with Crippen molar-refractivity contribution in [1.29, 1.82) is 0 Å². The summed E-state index contributed by atoms with van der Waals surface area (Å²) in [5.41, 5.74) is 5.08. The number of carbonyl (C=O) groups is 2. The number of carboxylic acid groups (broad SMARTS) is 1. The molecule has 1 atom stereocenters. The lowest BCUT2D eigenvalue weighted by atomic mass is 10.0. The second-order valence-electron chi connectivity index (χ2n) is 8.28. The number of aromatic nitrogens is 2. The van der Waals surface area contributed by atoms with Crippen LogP contribution in [0.2, 0.25) is 5.02 Å². The van der Waals surface area contributed by atoms with E-state index in [0.717, 1.165) is 0 Å². The number of anilines is 1. The number of primary amides is 1. The SMILES string of the molecule is CC(c1nc2cccc(Cl)c2c(=O)n1-c1cccc(NC(N)=O)c1)N(C(=O)O)C(C)(C)C. The van der Waals surface area contributed by atoms with Crippen molar-refractivity contribution >= 4 is 40.3 Å². The van der Waals surface area contributed by atoms with E-state index >= 15 is 0 Å². The zero-order chi connectivity index (χ0) is 23.8. The van der Waals surface area contributed by atoms with Gasteiger partial charge in [0.05, 0.1) is 27.7 Å². The molecule has 9 nitrogen and oxygen atoms in total. The predicted octanol–water partition coefficient (Wildman–Crippen LogP) is 4.37. The average Bonchev–Trinajstić information content (AvgIpc) is 2.65. The third-order valence-corrected chi connectivity index (χ3v) is 5.25. The molecule has 1 heterocycles. The number of rotatable bonds is 4. The number of fused-ring (bicyclic) bond motifs is 1. The first-order valence-corrected chi connectivity index (χ1v) is 10.2. The summed E-state index contributed by atoms with van der Waals surface area (Å²) in [6.45, 7) is 6.94. The van der Waals surface area contributed by atoms with Crippen LogP contribution in [-0.4, -0.2) is 37.2 Å². The highest BCUT2D eigenvalue weighted by Crippen LogP contribution is 2.30. The maximum absolute atomic E-state index is 13.6. The predicted molar refractivity (Wildman–Crippen MR) is 124 cm³/mol. The molecule has 10 heteroatoms. The Bertz CT molecular complexity index is 1270. The van der Waals surface area contributed by atoms with Gasteiger partial charge >= 0.3 is 12.1 Å². The van der Waals surface area contributed by atoms with Gasteiger partial charge in [-0.15, -0.1) is 0 Å². The molecule has 1 unspecified atom stereocenters. The molecule has 0 bridgehead atoms. The summed E-state index contributed by atoms with van der Waals surface area (Å²) in [6, 6.07) is 9.81. The van der Waals surface area contributed by atoms with Crippen LogP contribution in [-0.2, 0) is 0 Å². The van der Waals surface area contributed by atoms with E-state index in [4.69, 9.17) is 17.3 Å². The highest BCUT2D eigenvalue weighted by Gasteiger charge is 2.34. The fraction of sp³-hybridized carbons (Fsp3) is 0.273. The van der Waals surface area contributed by atoms with E-state index < -0.39 is 29.3 Å². The van der Waals surface area contributed by atoms with Crippen LogP contribution in [0.25, 0.3) is 16.6 Å². The van der Waals surface area contributed by atoms with E-state index in [1.807, 2.05) is 0 Å². The van der Waals surface area contributed by atoms with Crippen LogP contribution in [0.3, 0.4) is 0 Å². The van der Waals surface area contributed by atoms with Crippen LogP contribution in [0.1, 0.15) is 39.6 Å². The quantitative estimate of drug-likeness (QED) is 0.535. The molecule has 0 aliphatic carbocycles. The van der Waals surface area contributed by atoms with Crippen LogP contribution in [0.15, 0.2) is 47.3 Å². The minimum atomic E-state index is -1.15. The van der Waals surface area contributed by atoms with Crippen molar-refractivity contribution in [2.24, 2.45) is 5.73 Å². The number of hydrogen-bond acceptors (Lipinski definition) is 4. The molecule has 0 radical (unpaired) electrons. The number of carbonyl (C=O) groups excluding carboxylic acids is 1. The van der Waals surface area contributed by atoms with Crippen LogP contribution < -0.4 is 16.6 Å². The molecule has 0 spiro atoms. The van der Waals surface area contributed by atoms with Crippen molar-refractivity contribution in [3.05, 3.63) is 63.7 Å². The van der Waals surface area contributed by atoms with Crippen molar-refractivity contribution in [1.82, 2.24) is 14.5 Å². The van der Waals surface area contributed by atoms with Gasteiger partial charge in [0.15, 0.2) is 0 Å². The van der Waals surface area contributed by atoms with E-state index in [9.17, 15) is 19.5 Å². The number of nitrogens with one attached hydrogen (secondary N) is 1. The molecule has 32 heavy (non-hydrogen) atoms.